The van der Waals surface area contributed by atoms with Gasteiger partial charge in [-0.05, 0) is 61.9 Å². The van der Waals surface area contributed by atoms with Gasteiger partial charge in [-0.2, -0.15) is 0 Å². The number of carbonyl (C=O) groups is 1. The Kier molecular flexibility index (Phi) is 4.48. The van der Waals surface area contributed by atoms with Crippen LogP contribution in [0.3, 0.4) is 0 Å². The minimum atomic E-state index is -0.0398. The maximum Gasteiger partial charge on any atom is 0.265 e. The van der Waals surface area contributed by atoms with Gasteiger partial charge in [-0.15, -0.1) is 11.3 Å². The lowest BCUT2D eigenvalue weighted by Crippen LogP contribution is -2.11. The van der Waals surface area contributed by atoms with Crippen molar-refractivity contribution in [3.8, 4) is 5.75 Å². The molecule has 1 heterocycles. The molecule has 116 valence electrons. The van der Waals surface area contributed by atoms with E-state index in [4.69, 9.17) is 4.74 Å². The summed E-state index contributed by atoms with van der Waals surface area (Å²) in [7, 11) is 1.62. The van der Waals surface area contributed by atoms with Gasteiger partial charge in [0.1, 0.15) is 5.75 Å². The highest BCUT2D eigenvalue weighted by Crippen LogP contribution is 2.31. The Labute approximate surface area is 135 Å². The highest BCUT2D eigenvalue weighted by Gasteiger charge is 2.17. The van der Waals surface area contributed by atoms with Crippen molar-refractivity contribution in [1.29, 1.82) is 0 Å². The standard InChI is InChI=1S/C18H21NO2S/c1-12-8-9-15(21-2)14(10-12)19-18(20)17-11-13-6-4-3-5-7-16(13)22-17/h8-11H,3-7H2,1-2H3,(H,19,20). The zero-order chi connectivity index (χ0) is 15.5. The van der Waals surface area contributed by atoms with Gasteiger partial charge in [0.2, 0.25) is 0 Å². The average Bonchev–Trinajstić information content (AvgIpc) is 2.79. The van der Waals surface area contributed by atoms with Crippen LogP contribution in [0.25, 0.3) is 0 Å². The van der Waals surface area contributed by atoms with Crippen LogP contribution < -0.4 is 10.1 Å². The second-order valence-corrected chi connectivity index (χ2v) is 6.91. The normalized spacial score (nSPS) is 14.1. The van der Waals surface area contributed by atoms with Crippen LogP contribution in [0.1, 0.15) is 44.9 Å². The predicted octanol–water partition coefficient (Wildman–Crippen LogP) is 4.59. The molecule has 0 saturated heterocycles. The molecule has 3 rings (SSSR count). The van der Waals surface area contributed by atoms with Gasteiger partial charge in [0.05, 0.1) is 17.7 Å². The van der Waals surface area contributed by atoms with E-state index in [1.807, 2.05) is 25.1 Å². The first kappa shape index (κ1) is 15.1. The summed E-state index contributed by atoms with van der Waals surface area (Å²) in [4.78, 5) is 14.7. The number of methoxy groups -OCH3 is 1. The number of aryl methyl sites for hydroxylation is 3. The van der Waals surface area contributed by atoms with Crippen molar-refractivity contribution in [3.05, 3.63) is 45.1 Å². The lowest BCUT2D eigenvalue weighted by Gasteiger charge is -2.10. The maximum absolute atomic E-state index is 12.5. The second kappa shape index (κ2) is 6.53. The van der Waals surface area contributed by atoms with Crippen molar-refractivity contribution in [2.45, 2.75) is 39.0 Å². The summed E-state index contributed by atoms with van der Waals surface area (Å²) in [5.74, 6) is 0.652. The van der Waals surface area contributed by atoms with E-state index in [0.717, 1.165) is 29.0 Å². The number of hydrogen-bond donors (Lipinski definition) is 1. The lowest BCUT2D eigenvalue weighted by molar-refractivity contribution is 0.103. The number of amides is 1. The number of thiophene rings is 1. The van der Waals surface area contributed by atoms with E-state index < -0.39 is 0 Å². The Morgan fingerprint density at radius 2 is 2.00 bits per heavy atom. The predicted molar refractivity (Wildman–Crippen MR) is 91.3 cm³/mol. The van der Waals surface area contributed by atoms with E-state index in [1.54, 1.807) is 18.4 Å². The Balaban J connectivity index is 1.82. The fourth-order valence-corrected chi connectivity index (χ4v) is 4.03. The van der Waals surface area contributed by atoms with Crippen molar-refractivity contribution in [3.63, 3.8) is 0 Å². The van der Waals surface area contributed by atoms with E-state index in [9.17, 15) is 4.79 Å². The monoisotopic (exact) mass is 315 g/mol. The molecular formula is C18H21NO2S. The summed E-state index contributed by atoms with van der Waals surface area (Å²) in [5, 5.41) is 2.99. The van der Waals surface area contributed by atoms with Crippen LogP contribution >= 0.6 is 11.3 Å². The zero-order valence-corrected chi connectivity index (χ0v) is 13.9. The van der Waals surface area contributed by atoms with E-state index in [2.05, 4.69) is 11.4 Å². The largest absolute Gasteiger partial charge is 0.495 e. The summed E-state index contributed by atoms with van der Waals surface area (Å²) in [6.07, 6.45) is 5.98. The molecule has 1 aliphatic carbocycles. The first-order valence-corrected chi connectivity index (χ1v) is 8.56. The summed E-state index contributed by atoms with van der Waals surface area (Å²) in [6.45, 7) is 2.00. The summed E-state index contributed by atoms with van der Waals surface area (Å²) >= 11 is 1.64. The topological polar surface area (TPSA) is 38.3 Å². The minimum absolute atomic E-state index is 0.0398. The van der Waals surface area contributed by atoms with Gasteiger partial charge in [-0.25, -0.2) is 0 Å². The lowest BCUT2D eigenvalue weighted by atomic mass is 10.1. The number of hydrogen-bond acceptors (Lipinski definition) is 3. The maximum atomic E-state index is 12.5. The molecule has 1 aromatic carbocycles. The van der Waals surface area contributed by atoms with Crippen LogP contribution in [0.2, 0.25) is 0 Å². The summed E-state index contributed by atoms with van der Waals surface area (Å²) in [6, 6.07) is 7.87. The number of nitrogens with one attached hydrogen (secondary N) is 1. The number of rotatable bonds is 3. The molecule has 0 spiro atoms. The summed E-state index contributed by atoms with van der Waals surface area (Å²) < 4.78 is 5.32. The first-order valence-electron chi connectivity index (χ1n) is 7.75. The Morgan fingerprint density at radius 3 is 2.82 bits per heavy atom. The quantitative estimate of drug-likeness (QED) is 0.842. The molecule has 1 aromatic heterocycles. The Hall–Kier alpha value is -1.81. The minimum Gasteiger partial charge on any atom is -0.495 e. The molecule has 4 heteroatoms. The van der Waals surface area contributed by atoms with Gasteiger partial charge in [-0.3, -0.25) is 4.79 Å². The van der Waals surface area contributed by atoms with Crippen LogP contribution in [-0.2, 0) is 12.8 Å². The molecule has 2 aromatic rings. The number of anilines is 1. The van der Waals surface area contributed by atoms with E-state index in [1.165, 1.54) is 29.7 Å². The summed E-state index contributed by atoms with van der Waals surface area (Å²) in [5.41, 5.74) is 3.19. The molecular weight excluding hydrogens is 294 g/mol. The van der Waals surface area contributed by atoms with Crippen molar-refractivity contribution >= 4 is 22.9 Å². The van der Waals surface area contributed by atoms with Crippen LogP contribution in [0.4, 0.5) is 5.69 Å². The number of carbonyl (C=O) groups excluding carboxylic acids is 1. The number of ether oxygens (including phenoxy) is 1. The van der Waals surface area contributed by atoms with Gasteiger partial charge in [0.15, 0.2) is 0 Å². The van der Waals surface area contributed by atoms with E-state index >= 15 is 0 Å². The molecule has 22 heavy (non-hydrogen) atoms. The molecule has 0 saturated carbocycles. The SMILES string of the molecule is COc1ccc(C)cc1NC(=O)c1cc2c(s1)CCCCC2. The molecule has 0 unspecified atom stereocenters. The van der Waals surface area contributed by atoms with Crippen molar-refractivity contribution in [2.24, 2.45) is 0 Å². The smallest absolute Gasteiger partial charge is 0.265 e. The van der Waals surface area contributed by atoms with E-state index in [0.29, 0.717) is 5.75 Å². The highest BCUT2D eigenvalue weighted by atomic mass is 32.1. The fraction of sp³-hybridized carbons (Fsp3) is 0.389. The molecule has 1 amide bonds. The van der Waals surface area contributed by atoms with E-state index in [-0.39, 0.29) is 5.91 Å². The third kappa shape index (κ3) is 3.17. The third-order valence-electron chi connectivity index (χ3n) is 4.07. The van der Waals surface area contributed by atoms with Gasteiger partial charge >= 0.3 is 0 Å². The second-order valence-electron chi connectivity index (χ2n) is 5.78. The molecule has 0 radical (unpaired) electrons. The number of benzene rings is 1. The van der Waals surface area contributed by atoms with Crippen LogP contribution in [0.5, 0.6) is 5.75 Å². The Morgan fingerprint density at radius 1 is 1.18 bits per heavy atom. The Bertz CT molecular complexity index is 667. The fourth-order valence-electron chi connectivity index (χ4n) is 2.88. The molecule has 0 aliphatic heterocycles. The first-order chi connectivity index (χ1) is 10.7. The third-order valence-corrected chi connectivity index (χ3v) is 5.31. The molecule has 1 aliphatic rings. The molecule has 3 nitrogen and oxygen atoms in total. The molecule has 0 fully saturated rings. The zero-order valence-electron chi connectivity index (χ0n) is 13.1. The van der Waals surface area contributed by atoms with Gasteiger partial charge in [-0.1, -0.05) is 12.5 Å². The van der Waals surface area contributed by atoms with Crippen molar-refractivity contribution in [1.82, 2.24) is 0 Å². The van der Waals surface area contributed by atoms with Crippen LogP contribution in [0.15, 0.2) is 24.3 Å². The highest BCUT2D eigenvalue weighted by molar-refractivity contribution is 7.14. The van der Waals surface area contributed by atoms with Gasteiger partial charge < -0.3 is 10.1 Å². The molecule has 0 bridgehead atoms. The van der Waals surface area contributed by atoms with Crippen molar-refractivity contribution in [2.75, 3.05) is 12.4 Å². The van der Waals surface area contributed by atoms with Gasteiger partial charge in [0.25, 0.3) is 5.91 Å². The number of fused-ring (bicyclic) bond motifs is 1. The average molecular weight is 315 g/mol. The van der Waals surface area contributed by atoms with Crippen molar-refractivity contribution < 1.29 is 9.53 Å². The van der Waals surface area contributed by atoms with Gasteiger partial charge in [0, 0.05) is 4.88 Å². The van der Waals surface area contributed by atoms with Crippen LogP contribution in [0, 0.1) is 6.92 Å². The molecule has 1 N–H and O–H groups in total. The molecule has 0 atom stereocenters. The van der Waals surface area contributed by atoms with Crippen LogP contribution in [-0.4, -0.2) is 13.0 Å².